The van der Waals surface area contributed by atoms with Crippen molar-refractivity contribution in [2.45, 2.75) is 63.5 Å². The Labute approximate surface area is 154 Å². The van der Waals surface area contributed by atoms with E-state index in [4.69, 9.17) is 10.5 Å². The van der Waals surface area contributed by atoms with E-state index < -0.39 is 5.91 Å². The van der Waals surface area contributed by atoms with E-state index in [1.165, 1.54) is 19.0 Å². The number of primary amides is 1. The highest BCUT2D eigenvalue weighted by atomic mass is 16.5. The van der Waals surface area contributed by atoms with Crippen LogP contribution in [0.2, 0.25) is 0 Å². The molecule has 2 aliphatic carbocycles. The molecule has 7 heteroatoms. The number of ether oxygens (including phenoxy) is 1. The number of nitrogens with two attached hydrogens (primary N) is 1. The first-order chi connectivity index (χ1) is 12.5. The first kappa shape index (κ1) is 19.0. The van der Waals surface area contributed by atoms with Gasteiger partial charge in [0.05, 0.1) is 11.7 Å². The third kappa shape index (κ3) is 4.92. The van der Waals surface area contributed by atoms with Crippen LogP contribution in [0.1, 0.15) is 61.1 Å². The van der Waals surface area contributed by atoms with Crippen LogP contribution in [-0.2, 0) is 11.2 Å². The molecule has 0 radical (unpaired) electrons. The summed E-state index contributed by atoms with van der Waals surface area (Å²) in [6.07, 6.45) is 9.06. The van der Waals surface area contributed by atoms with Gasteiger partial charge in [-0.15, -0.1) is 0 Å². The maximum Gasteiger partial charge on any atom is 0.254 e. The minimum Gasteiger partial charge on any atom is -0.393 e. The van der Waals surface area contributed by atoms with Gasteiger partial charge in [0.1, 0.15) is 11.6 Å². The Balaban J connectivity index is 1.64. The number of aromatic nitrogens is 2. The second kappa shape index (κ2) is 8.77. The summed E-state index contributed by atoms with van der Waals surface area (Å²) in [7, 11) is 1.76. The third-order valence-corrected chi connectivity index (χ3v) is 5.69. The molecule has 2 saturated carbocycles. The Kier molecular flexibility index (Phi) is 6.43. The lowest BCUT2D eigenvalue weighted by molar-refractivity contribution is 0.100. The first-order valence-corrected chi connectivity index (χ1v) is 9.64. The van der Waals surface area contributed by atoms with Crippen molar-refractivity contribution < 1.29 is 14.6 Å². The van der Waals surface area contributed by atoms with E-state index in [1.807, 2.05) is 0 Å². The SMILES string of the molecule is COCC1CCC(Cc2ncc(C(N)=O)c(N[C@H]3CC[C@@H](O)C3)n2)CC1. The smallest absolute Gasteiger partial charge is 0.254 e. The molecule has 0 aliphatic heterocycles. The van der Waals surface area contributed by atoms with E-state index in [0.717, 1.165) is 44.5 Å². The summed E-state index contributed by atoms with van der Waals surface area (Å²) in [5, 5.41) is 13.0. The molecule has 1 heterocycles. The average Bonchev–Trinajstić information content (AvgIpc) is 3.02. The highest BCUT2D eigenvalue weighted by Crippen LogP contribution is 2.31. The molecular weight excluding hydrogens is 332 g/mol. The first-order valence-electron chi connectivity index (χ1n) is 9.64. The largest absolute Gasteiger partial charge is 0.393 e. The number of hydrogen-bond acceptors (Lipinski definition) is 6. The molecule has 2 atom stereocenters. The zero-order valence-corrected chi connectivity index (χ0v) is 15.5. The van der Waals surface area contributed by atoms with Crippen molar-refractivity contribution in [3.05, 3.63) is 17.6 Å². The van der Waals surface area contributed by atoms with E-state index in [1.54, 1.807) is 7.11 Å². The van der Waals surface area contributed by atoms with Gasteiger partial charge in [-0.2, -0.15) is 0 Å². The van der Waals surface area contributed by atoms with Crippen LogP contribution in [0.15, 0.2) is 6.20 Å². The van der Waals surface area contributed by atoms with Crippen molar-refractivity contribution in [2.24, 2.45) is 17.6 Å². The number of nitrogens with one attached hydrogen (secondary N) is 1. The number of amides is 1. The molecule has 0 saturated heterocycles. The van der Waals surface area contributed by atoms with E-state index in [2.05, 4.69) is 15.3 Å². The van der Waals surface area contributed by atoms with Gasteiger partial charge < -0.3 is 20.9 Å². The van der Waals surface area contributed by atoms with Crippen LogP contribution in [-0.4, -0.2) is 46.8 Å². The minimum atomic E-state index is -0.530. The van der Waals surface area contributed by atoms with Crippen molar-refractivity contribution in [1.82, 2.24) is 9.97 Å². The molecule has 0 unspecified atom stereocenters. The normalized spacial score (nSPS) is 28.8. The number of anilines is 1. The summed E-state index contributed by atoms with van der Waals surface area (Å²) >= 11 is 0. The predicted octanol–water partition coefficient (Wildman–Crippen LogP) is 1.90. The van der Waals surface area contributed by atoms with Gasteiger partial charge in [-0.3, -0.25) is 4.79 Å². The highest BCUT2D eigenvalue weighted by molar-refractivity contribution is 5.97. The van der Waals surface area contributed by atoms with E-state index in [9.17, 15) is 9.90 Å². The van der Waals surface area contributed by atoms with E-state index in [0.29, 0.717) is 29.6 Å². The number of aliphatic hydroxyl groups is 1. The summed E-state index contributed by atoms with van der Waals surface area (Å²) in [4.78, 5) is 20.7. The minimum absolute atomic E-state index is 0.121. The van der Waals surface area contributed by atoms with Gasteiger partial charge >= 0.3 is 0 Å². The Morgan fingerprint density at radius 2 is 2.00 bits per heavy atom. The topological polar surface area (TPSA) is 110 Å². The van der Waals surface area contributed by atoms with Crippen molar-refractivity contribution in [1.29, 1.82) is 0 Å². The number of hydrogen-bond donors (Lipinski definition) is 3. The Morgan fingerprint density at radius 3 is 2.62 bits per heavy atom. The molecule has 7 nitrogen and oxygen atoms in total. The molecule has 0 bridgehead atoms. The molecule has 26 heavy (non-hydrogen) atoms. The molecule has 2 fully saturated rings. The average molecular weight is 362 g/mol. The Morgan fingerprint density at radius 1 is 1.27 bits per heavy atom. The fourth-order valence-electron chi connectivity index (χ4n) is 4.19. The second-order valence-corrected chi connectivity index (χ2v) is 7.77. The highest BCUT2D eigenvalue weighted by Gasteiger charge is 2.26. The van der Waals surface area contributed by atoms with Crippen molar-refractivity contribution in [3.63, 3.8) is 0 Å². The van der Waals surface area contributed by atoms with Gasteiger partial charge in [-0.05, 0) is 56.8 Å². The molecular formula is C19H30N4O3. The molecule has 2 aliphatic rings. The van der Waals surface area contributed by atoms with Crippen LogP contribution in [0.5, 0.6) is 0 Å². The van der Waals surface area contributed by atoms with Gasteiger partial charge in [0.2, 0.25) is 0 Å². The predicted molar refractivity (Wildman–Crippen MR) is 98.8 cm³/mol. The van der Waals surface area contributed by atoms with Crippen molar-refractivity contribution in [2.75, 3.05) is 19.0 Å². The van der Waals surface area contributed by atoms with Gasteiger partial charge in [0, 0.05) is 32.4 Å². The van der Waals surface area contributed by atoms with Crippen LogP contribution in [0.25, 0.3) is 0 Å². The number of nitrogens with zero attached hydrogens (tertiary/aromatic N) is 2. The molecule has 0 spiro atoms. The molecule has 3 rings (SSSR count). The van der Waals surface area contributed by atoms with Crippen LogP contribution in [0.3, 0.4) is 0 Å². The van der Waals surface area contributed by atoms with Crippen molar-refractivity contribution in [3.8, 4) is 0 Å². The molecule has 1 amide bonds. The Hall–Kier alpha value is -1.73. The fourth-order valence-corrected chi connectivity index (χ4v) is 4.19. The molecule has 0 aromatic carbocycles. The number of aliphatic hydroxyl groups excluding tert-OH is 1. The number of carbonyl (C=O) groups excluding carboxylic acids is 1. The fraction of sp³-hybridized carbons (Fsp3) is 0.737. The standard InChI is InChI=1S/C19H30N4O3/c1-26-11-13-4-2-12(3-5-13)8-17-21-10-16(18(20)25)19(23-17)22-14-6-7-15(24)9-14/h10,12-15,24H,2-9,11H2,1H3,(H2,20,25)(H,21,22,23)/t12?,13?,14-,15+/m0/s1. The summed E-state index contributed by atoms with van der Waals surface area (Å²) in [6, 6.07) is 0.121. The summed E-state index contributed by atoms with van der Waals surface area (Å²) in [6.45, 7) is 0.845. The van der Waals surface area contributed by atoms with E-state index in [-0.39, 0.29) is 12.1 Å². The maximum atomic E-state index is 11.7. The summed E-state index contributed by atoms with van der Waals surface area (Å²) < 4.78 is 5.26. The van der Waals surface area contributed by atoms with Crippen LogP contribution >= 0.6 is 0 Å². The summed E-state index contributed by atoms with van der Waals surface area (Å²) in [5.41, 5.74) is 5.79. The van der Waals surface area contributed by atoms with Gasteiger partial charge in [0.15, 0.2) is 0 Å². The molecule has 1 aromatic rings. The monoisotopic (exact) mass is 362 g/mol. The van der Waals surface area contributed by atoms with Crippen LogP contribution in [0, 0.1) is 11.8 Å². The second-order valence-electron chi connectivity index (χ2n) is 7.77. The Bertz CT molecular complexity index is 617. The van der Waals surface area contributed by atoms with Gasteiger partial charge in [-0.25, -0.2) is 9.97 Å². The number of methoxy groups -OCH3 is 1. The number of rotatable bonds is 7. The lowest BCUT2D eigenvalue weighted by Gasteiger charge is -2.27. The lowest BCUT2D eigenvalue weighted by atomic mass is 9.81. The van der Waals surface area contributed by atoms with Gasteiger partial charge in [-0.1, -0.05) is 0 Å². The summed E-state index contributed by atoms with van der Waals surface area (Å²) in [5.74, 6) is 1.97. The molecule has 4 N–H and O–H groups in total. The quantitative estimate of drug-likeness (QED) is 0.683. The molecule has 1 aromatic heterocycles. The third-order valence-electron chi connectivity index (χ3n) is 5.69. The van der Waals surface area contributed by atoms with Gasteiger partial charge in [0.25, 0.3) is 5.91 Å². The van der Waals surface area contributed by atoms with Crippen LogP contribution < -0.4 is 11.1 Å². The molecule has 144 valence electrons. The maximum absolute atomic E-state index is 11.7. The van der Waals surface area contributed by atoms with Crippen LogP contribution in [0.4, 0.5) is 5.82 Å². The zero-order chi connectivity index (χ0) is 18.5. The lowest BCUT2D eigenvalue weighted by Crippen LogP contribution is -2.24. The van der Waals surface area contributed by atoms with E-state index >= 15 is 0 Å². The van der Waals surface area contributed by atoms with Crippen molar-refractivity contribution >= 4 is 11.7 Å². The zero-order valence-electron chi connectivity index (χ0n) is 15.5. The number of carbonyl (C=O) groups is 1.